The zero-order valence-electron chi connectivity index (χ0n) is 16.6. The molecule has 0 bridgehead atoms. The molecule has 1 heterocycles. The van der Waals surface area contributed by atoms with E-state index in [0.717, 1.165) is 11.1 Å². The van der Waals surface area contributed by atoms with Crippen LogP contribution in [-0.2, 0) is 27.5 Å². The number of non-ortho nitro benzene ring substituents is 1. The molecule has 0 spiro atoms. The Morgan fingerprint density at radius 1 is 1.28 bits per heavy atom. The number of carbonyl (C=O) groups excluding carboxylic acids is 1. The van der Waals surface area contributed by atoms with Crippen molar-refractivity contribution in [2.24, 2.45) is 0 Å². The van der Waals surface area contributed by atoms with Crippen LogP contribution < -0.4 is 9.47 Å². The van der Waals surface area contributed by atoms with Crippen LogP contribution in [0.5, 0.6) is 11.5 Å². The van der Waals surface area contributed by atoms with Crippen LogP contribution in [0.2, 0.25) is 0 Å². The zero-order valence-corrected chi connectivity index (χ0v) is 16.6. The van der Waals surface area contributed by atoms with Gasteiger partial charge in [-0.25, -0.2) is 4.79 Å². The van der Waals surface area contributed by atoms with Gasteiger partial charge in [0.05, 0.1) is 11.5 Å². The van der Waals surface area contributed by atoms with Crippen LogP contribution in [0.15, 0.2) is 30.3 Å². The Bertz CT molecular complexity index is 923. The topological polar surface area (TPSA) is 97.1 Å². The standard InChI is InChI=1S/C21H23NO7/c1-13(2)15-5-4-14(3)19(8-15)27-11-20(23)28-10-17-7-18(22(24)25)6-16-9-26-12-29-21(16)17/h4-8,13H,9-12H2,1-3H3. The Morgan fingerprint density at radius 2 is 2.07 bits per heavy atom. The van der Waals surface area contributed by atoms with Gasteiger partial charge in [-0.05, 0) is 30.0 Å². The monoisotopic (exact) mass is 401 g/mol. The lowest BCUT2D eigenvalue weighted by Crippen LogP contribution is -2.17. The Morgan fingerprint density at radius 3 is 2.79 bits per heavy atom. The van der Waals surface area contributed by atoms with Crippen molar-refractivity contribution in [3.8, 4) is 11.5 Å². The molecule has 1 aliphatic rings. The van der Waals surface area contributed by atoms with E-state index in [-0.39, 0.29) is 32.3 Å². The number of nitro groups is 1. The van der Waals surface area contributed by atoms with E-state index < -0.39 is 10.9 Å². The lowest BCUT2D eigenvalue weighted by molar-refractivity contribution is -0.385. The van der Waals surface area contributed by atoms with Crippen LogP contribution in [0, 0.1) is 17.0 Å². The Balaban J connectivity index is 1.65. The van der Waals surface area contributed by atoms with Crippen LogP contribution in [0.3, 0.4) is 0 Å². The van der Waals surface area contributed by atoms with Crippen molar-refractivity contribution in [3.63, 3.8) is 0 Å². The number of esters is 1. The summed E-state index contributed by atoms with van der Waals surface area (Å²) >= 11 is 0. The number of rotatable bonds is 7. The van der Waals surface area contributed by atoms with Gasteiger partial charge in [0.15, 0.2) is 13.4 Å². The molecular weight excluding hydrogens is 378 g/mol. The summed E-state index contributed by atoms with van der Waals surface area (Å²) in [6.45, 7) is 5.89. The maximum absolute atomic E-state index is 12.2. The van der Waals surface area contributed by atoms with Gasteiger partial charge >= 0.3 is 5.97 Å². The highest BCUT2D eigenvalue weighted by atomic mass is 16.7. The minimum atomic E-state index is -0.577. The summed E-state index contributed by atoms with van der Waals surface area (Å²) in [4.78, 5) is 22.8. The summed E-state index contributed by atoms with van der Waals surface area (Å²) in [5, 5.41) is 11.1. The molecule has 0 aromatic heterocycles. The summed E-state index contributed by atoms with van der Waals surface area (Å²) in [6.07, 6.45) is 0. The number of carbonyl (C=O) groups is 1. The molecule has 0 saturated carbocycles. The minimum Gasteiger partial charge on any atom is -0.482 e. The number of hydrogen-bond donors (Lipinski definition) is 0. The number of benzene rings is 2. The van der Waals surface area contributed by atoms with Crippen LogP contribution in [0.25, 0.3) is 0 Å². The van der Waals surface area contributed by atoms with Crippen molar-refractivity contribution in [1.82, 2.24) is 0 Å². The second-order valence-electron chi connectivity index (χ2n) is 7.09. The van der Waals surface area contributed by atoms with Crippen LogP contribution >= 0.6 is 0 Å². The van der Waals surface area contributed by atoms with Gasteiger partial charge in [0.25, 0.3) is 5.69 Å². The number of fused-ring (bicyclic) bond motifs is 1. The second kappa shape index (κ2) is 8.91. The maximum Gasteiger partial charge on any atom is 0.344 e. The van der Waals surface area contributed by atoms with E-state index in [0.29, 0.717) is 28.5 Å². The fourth-order valence-corrected chi connectivity index (χ4v) is 2.96. The number of ether oxygens (including phenoxy) is 4. The molecule has 2 aromatic carbocycles. The summed E-state index contributed by atoms with van der Waals surface area (Å²) in [5.74, 6) is 0.845. The van der Waals surface area contributed by atoms with E-state index in [9.17, 15) is 14.9 Å². The summed E-state index contributed by atoms with van der Waals surface area (Å²) in [7, 11) is 0. The van der Waals surface area contributed by atoms with Gasteiger partial charge in [-0.1, -0.05) is 26.0 Å². The average molecular weight is 401 g/mol. The minimum absolute atomic E-state index is 0.0420. The van der Waals surface area contributed by atoms with Crippen molar-refractivity contribution < 1.29 is 28.7 Å². The molecule has 8 heteroatoms. The molecule has 2 aromatic rings. The first-order valence-corrected chi connectivity index (χ1v) is 9.25. The molecule has 0 fully saturated rings. The highest BCUT2D eigenvalue weighted by Gasteiger charge is 2.22. The van der Waals surface area contributed by atoms with Crippen molar-refractivity contribution in [2.45, 2.75) is 39.9 Å². The van der Waals surface area contributed by atoms with Crippen LogP contribution in [0.1, 0.15) is 42.0 Å². The molecule has 0 N–H and O–H groups in total. The van der Waals surface area contributed by atoms with E-state index in [4.69, 9.17) is 18.9 Å². The number of aryl methyl sites for hydroxylation is 1. The molecule has 0 radical (unpaired) electrons. The molecule has 0 amide bonds. The van der Waals surface area contributed by atoms with Crippen molar-refractivity contribution in [3.05, 3.63) is 62.7 Å². The molecule has 0 unspecified atom stereocenters. The third-order valence-electron chi connectivity index (χ3n) is 4.60. The Hall–Kier alpha value is -3.13. The maximum atomic E-state index is 12.2. The fourth-order valence-electron chi connectivity index (χ4n) is 2.96. The number of hydrogen-bond acceptors (Lipinski definition) is 7. The van der Waals surface area contributed by atoms with Crippen LogP contribution in [0.4, 0.5) is 5.69 Å². The molecule has 3 rings (SSSR count). The third kappa shape index (κ3) is 5.03. The predicted molar refractivity (Wildman–Crippen MR) is 104 cm³/mol. The normalized spacial score (nSPS) is 12.8. The van der Waals surface area contributed by atoms with Gasteiger partial charge in [0, 0.05) is 23.3 Å². The summed E-state index contributed by atoms with van der Waals surface area (Å²) < 4.78 is 21.5. The van der Waals surface area contributed by atoms with E-state index in [1.807, 2.05) is 25.1 Å². The van der Waals surface area contributed by atoms with Gasteiger partial charge in [-0.15, -0.1) is 0 Å². The SMILES string of the molecule is Cc1ccc(C(C)C)cc1OCC(=O)OCc1cc([N+](=O)[O-])cc2c1OCOC2. The number of nitro benzene ring substituents is 1. The molecule has 0 saturated heterocycles. The first kappa shape index (κ1) is 20.6. The van der Waals surface area contributed by atoms with E-state index in [2.05, 4.69) is 13.8 Å². The van der Waals surface area contributed by atoms with Gasteiger partial charge < -0.3 is 18.9 Å². The highest BCUT2D eigenvalue weighted by molar-refractivity contribution is 5.71. The van der Waals surface area contributed by atoms with Gasteiger partial charge in [-0.3, -0.25) is 10.1 Å². The molecule has 29 heavy (non-hydrogen) atoms. The lowest BCUT2D eigenvalue weighted by atomic mass is 10.0. The van der Waals surface area contributed by atoms with Crippen LogP contribution in [-0.4, -0.2) is 24.3 Å². The van der Waals surface area contributed by atoms with Gasteiger partial charge in [0.1, 0.15) is 18.1 Å². The van der Waals surface area contributed by atoms with Crippen molar-refractivity contribution in [1.29, 1.82) is 0 Å². The smallest absolute Gasteiger partial charge is 0.344 e. The summed E-state index contributed by atoms with van der Waals surface area (Å²) in [6, 6.07) is 8.63. The largest absolute Gasteiger partial charge is 0.482 e. The molecule has 1 aliphatic heterocycles. The first-order chi connectivity index (χ1) is 13.8. The van der Waals surface area contributed by atoms with E-state index in [1.165, 1.54) is 12.1 Å². The molecule has 8 nitrogen and oxygen atoms in total. The zero-order chi connectivity index (χ0) is 21.0. The van der Waals surface area contributed by atoms with Crippen molar-refractivity contribution in [2.75, 3.05) is 13.4 Å². The first-order valence-electron chi connectivity index (χ1n) is 9.25. The molecule has 154 valence electrons. The van der Waals surface area contributed by atoms with E-state index in [1.54, 1.807) is 0 Å². The fraction of sp³-hybridized carbons (Fsp3) is 0.381. The molecule has 0 atom stereocenters. The van der Waals surface area contributed by atoms with Crippen molar-refractivity contribution >= 4 is 11.7 Å². The molecule has 0 aliphatic carbocycles. The van der Waals surface area contributed by atoms with Gasteiger partial charge in [0.2, 0.25) is 0 Å². The third-order valence-corrected chi connectivity index (χ3v) is 4.60. The van der Waals surface area contributed by atoms with Gasteiger partial charge in [-0.2, -0.15) is 0 Å². The predicted octanol–water partition coefficient (Wildman–Crippen LogP) is 4.02. The lowest BCUT2D eigenvalue weighted by Gasteiger charge is -2.20. The highest BCUT2D eigenvalue weighted by Crippen LogP contribution is 2.33. The molecular formula is C21H23NO7. The van der Waals surface area contributed by atoms with E-state index >= 15 is 0 Å². The average Bonchev–Trinajstić information content (AvgIpc) is 2.70. The Kier molecular flexibility index (Phi) is 6.33. The summed E-state index contributed by atoms with van der Waals surface area (Å²) in [5.41, 5.74) is 2.89. The second-order valence-corrected chi connectivity index (χ2v) is 7.09. The Labute approximate surface area is 168 Å². The number of nitrogens with zero attached hydrogens (tertiary/aromatic N) is 1. The quantitative estimate of drug-likeness (QED) is 0.393.